The molecule has 0 amide bonds. The number of benzene rings is 2. The number of nitrogens with zero attached hydrogens (tertiary/aromatic N) is 3. The van der Waals surface area contributed by atoms with Crippen LogP contribution in [-0.2, 0) is 0 Å². The highest BCUT2D eigenvalue weighted by atomic mass is 15.1. The SMILES string of the molecule is C[NH+]1CC=C2C(C#N)C(=N)C(C#N)(C#N)[C@@H](c3cccc4ccccc34)[C@@H]2C1. The summed E-state index contributed by atoms with van der Waals surface area (Å²) in [5.41, 5.74) is 0.0783. The van der Waals surface area contributed by atoms with Crippen molar-refractivity contribution in [2.24, 2.45) is 17.3 Å². The molecule has 136 valence electrons. The van der Waals surface area contributed by atoms with E-state index in [9.17, 15) is 15.8 Å². The third-order valence-electron chi connectivity index (χ3n) is 6.24. The topological polar surface area (TPSA) is 99.7 Å². The monoisotopic (exact) mass is 366 g/mol. The fraction of sp³-hybridized carbons (Fsp3) is 0.304. The van der Waals surface area contributed by atoms with Gasteiger partial charge in [0.2, 0.25) is 0 Å². The summed E-state index contributed by atoms with van der Waals surface area (Å²) < 4.78 is 0. The van der Waals surface area contributed by atoms with Crippen molar-refractivity contribution >= 4 is 16.5 Å². The molecule has 2 aromatic rings. The molecule has 2 aromatic carbocycles. The highest BCUT2D eigenvalue weighted by molar-refractivity contribution is 6.01. The van der Waals surface area contributed by atoms with Crippen LogP contribution in [0.25, 0.3) is 10.8 Å². The maximum Gasteiger partial charge on any atom is 0.189 e. The number of nitriles is 3. The number of likely N-dealkylation sites (N-methyl/N-ethyl adjacent to an activating group) is 1. The molecule has 1 aliphatic heterocycles. The molecule has 1 fully saturated rings. The molecule has 0 saturated heterocycles. The third-order valence-corrected chi connectivity index (χ3v) is 6.24. The van der Waals surface area contributed by atoms with E-state index in [-0.39, 0.29) is 11.6 Å². The van der Waals surface area contributed by atoms with Crippen LogP contribution in [0, 0.1) is 56.7 Å². The van der Waals surface area contributed by atoms with Gasteiger partial charge in [0.25, 0.3) is 0 Å². The van der Waals surface area contributed by atoms with Crippen LogP contribution in [-0.4, -0.2) is 25.8 Å². The zero-order valence-electron chi connectivity index (χ0n) is 15.6. The first-order valence-electron chi connectivity index (χ1n) is 9.37. The van der Waals surface area contributed by atoms with Crippen molar-refractivity contribution < 1.29 is 4.90 Å². The van der Waals surface area contributed by atoms with Gasteiger partial charge in [-0.1, -0.05) is 42.5 Å². The van der Waals surface area contributed by atoms with E-state index in [0.717, 1.165) is 35.0 Å². The molecule has 0 radical (unpaired) electrons. The summed E-state index contributed by atoms with van der Waals surface area (Å²) in [5.74, 6) is -1.41. The quantitative estimate of drug-likeness (QED) is 0.757. The molecule has 1 heterocycles. The van der Waals surface area contributed by atoms with Gasteiger partial charge in [0.05, 0.1) is 44.1 Å². The fourth-order valence-electron chi connectivity index (χ4n) is 4.92. The summed E-state index contributed by atoms with van der Waals surface area (Å²) in [4.78, 5) is 1.27. The molecule has 4 rings (SSSR count). The summed E-state index contributed by atoms with van der Waals surface area (Å²) in [7, 11) is 2.08. The fourth-order valence-corrected chi connectivity index (χ4v) is 4.92. The van der Waals surface area contributed by atoms with Crippen LogP contribution in [0.4, 0.5) is 0 Å². The van der Waals surface area contributed by atoms with Crippen molar-refractivity contribution in [2.75, 3.05) is 20.1 Å². The second kappa shape index (κ2) is 6.61. The van der Waals surface area contributed by atoms with Gasteiger partial charge in [-0.25, -0.2) is 0 Å². The van der Waals surface area contributed by atoms with Crippen molar-refractivity contribution in [1.82, 2.24) is 0 Å². The molecule has 2 N–H and O–H groups in total. The molecule has 28 heavy (non-hydrogen) atoms. The number of quaternary nitrogens is 1. The van der Waals surface area contributed by atoms with Gasteiger partial charge >= 0.3 is 0 Å². The normalized spacial score (nSPS) is 28.4. The molecule has 0 aromatic heterocycles. The summed E-state index contributed by atoms with van der Waals surface area (Å²) in [6.45, 7) is 1.52. The predicted octanol–water partition coefficient (Wildman–Crippen LogP) is 2.20. The highest BCUT2D eigenvalue weighted by Gasteiger charge is 2.58. The molecule has 0 spiro atoms. The first-order chi connectivity index (χ1) is 13.6. The van der Waals surface area contributed by atoms with E-state index in [1.807, 2.05) is 48.5 Å². The Balaban J connectivity index is 2.04. The Morgan fingerprint density at radius 2 is 1.79 bits per heavy atom. The molecule has 1 saturated carbocycles. The van der Waals surface area contributed by atoms with Crippen molar-refractivity contribution in [3.05, 3.63) is 59.7 Å². The van der Waals surface area contributed by atoms with Crippen molar-refractivity contribution in [2.45, 2.75) is 5.92 Å². The van der Waals surface area contributed by atoms with Crippen LogP contribution in [0.1, 0.15) is 11.5 Å². The number of nitrogens with one attached hydrogen (secondary N) is 2. The standard InChI is InChI=1S/C23H19N5/c1-28-10-9-17-19(11-24)22(27)23(13-25,14-26)21(20(17)12-28)18-8-4-6-15-5-2-3-7-16(15)18/h2-9,19-21,27H,10,12H2,1H3/p+1/t19?,20-,21+/m1/s1. The lowest BCUT2D eigenvalue weighted by atomic mass is 9.54. The predicted molar refractivity (Wildman–Crippen MR) is 105 cm³/mol. The van der Waals surface area contributed by atoms with E-state index in [0.29, 0.717) is 0 Å². The first-order valence-corrected chi connectivity index (χ1v) is 9.37. The lowest BCUT2D eigenvalue weighted by molar-refractivity contribution is -0.878. The molecular formula is C23H20N5+. The number of hydrogen-bond donors (Lipinski definition) is 2. The molecule has 2 unspecified atom stereocenters. The van der Waals surface area contributed by atoms with E-state index in [4.69, 9.17) is 5.41 Å². The van der Waals surface area contributed by atoms with Gasteiger partial charge < -0.3 is 10.3 Å². The molecule has 4 atom stereocenters. The van der Waals surface area contributed by atoms with Gasteiger partial charge in [-0.3, -0.25) is 0 Å². The Morgan fingerprint density at radius 3 is 2.50 bits per heavy atom. The van der Waals surface area contributed by atoms with Crippen LogP contribution in [0.2, 0.25) is 0 Å². The van der Waals surface area contributed by atoms with Crippen LogP contribution in [0.3, 0.4) is 0 Å². The molecule has 5 nitrogen and oxygen atoms in total. The Kier molecular flexibility index (Phi) is 4.23. The molecule has 5 heteroatoms. The van der Waals surface area contributed by atoms with Crippen LogP contribution in [0.5, 0.6) is 0 Å². The summed E-state index contributed by atoms with van der Waals surface area (Å²) in [6.07, 6.45) is 2.04. The third kappa shape index (κ3) is 2.36. The Morgan fingerprint density at radius 1 is 1.07 bits per heavy atom. The maximum absolute atomic E-state index is 10.1. The van der Waals surface area contributed by atoms with Crippen LogP contribution < -0.4 is 4.90 Å². The van der Waals surface area contributed by atoms with Gasteiger partial charge in [0, 0.05) is 11.8 Å². The Bertz CT molecular complexity index is 1100. The molecular weight excluding hydrogens is 346 g/mol. The number of hydrogen-bond acceptors (Lipinski definition) is 4. The summed E-state index contributed by atoms with van der Waals surface area (Å²) >= 11 is 0. The highest BCUT2D eigenvalue weighted by Crippen LogP contribution is 2.53. The van der Waals surface area contributed by atoms with Crippen molar-refractivity contribution in [3.63, 3.8) is 0 Å². The lowest BCUT2D eigenvalue weighted by Crippen LogP contribution is -3.10. The van der Waals surface area contributed by atoms with Crippen molar-refractivity contribution in [1.29, 1.82) is 21.2 Å². The van der Waals surface area contributed by atoms with E-state index < -0.39 is 17.3 Å². The van der Waals surface area contributed by atoms with Gasteiger partial charge in [-0.05, 0) is 28.0 Å². The number of rotatable bonds is 1. The van der Waals surface area contributed by atoms with Crippen LogP contribution >= 0.6 is 0 Å². The summed E-state index contributed by atoms with van der Waals surface area (Å²) in [5, 5.41) is 40.8. The molecule has 1 aliphatic carbocycles. The zero-order valence-corrected chi connectivity index (χ0v) is 15.6. The van der Waals surface area contributed by atoms with E-state index >= 15 is 0 Å². The smallest absolute Gasteiger partial charge is 0.189 e. The van der Waals surface area contributed by atoms with E-state index in [2.05, 4.69) is 25.3 Å². The lowest BCUT2D eigenvalue weighted by Gasteiger charge is -2.46. The molecule has 0 bridgehead atoms. The Labute approximate surface area is 164 Å². The van der Waals surface area contributed by atoms with Gasteiger partial charge in [-0.15, -0.1) is 0 Å². The zero-order chi connectivity index (χ0) is 19.9. The van der Waals surface area contributed by atoms with Gasteiger partial charge in [0.15, 0.2) is 5.41 Å². The minimum absolute atomic E-state index is 0.0833. The number of fused-ring (bicyclic) bond motifs is 2. The second-order valence-electron chi connectivity index (χ2n) is 7.73. The maximum atomic E-state index is 10.1. The van der Waals surface area contributed by atoms with Gasteiger partial charge in [0.1, 0.15) is 5.92 Å². The van der Waals surface area contributed by atoms with E-state index in [1.54, 1.807) is 0 Å². The average Bonchev–Trinajstić information content (AvgIpc) is 2.73. The average molecular weight is 366 g/mol. The minimum Gasteiger partial charge on any atom is -0.334 e. The first kappa shape index (κ1) is 17.9. The van der Waals surface area contributed by atoms with Crippen molar-refractivity contribution in [3.8, 4) is 18.2 Å². The van der Waals surface area contributed by atoms with Crippen LogP contribution in [0.15, 0.2) is 54.1 Å². The largest absolute Gasteiger partial charge is 0.334 e. The minimum atomic E-state index is -1.65. The Hall–Kier alpha value is -3.46. The molecule has 2 aliphatic rings. The van der Waals surface area contributed by atoms with Gasteiger partial charge in [-0.2, -0.15) is 15.8 Å². The summed E-state index contributed by atoms with van der Waals surface area (Å²) in [6, 6.07) is 20.4. The second-order valence-corrected chi connectivity index (χ2v) is 7.73. The van der Waals surface area contributed by atoms with E-state index in [1.165, 1.54) is 4.90 Å².